The van der Waals surface area contributed by atoms with Crippen LogP contribution in [0, 0.1) is 11.3 Å². The highest BCUT2D eigenvalue weighted by molar-refractivity contribution is 6.01. The Bertz CT molecular complexity index is 1090. The number of carbonyl (C=O) groups excluding carboxylic acids is 2. The van der Waals surface area contributed by atoms with E-state index in [1.54, 1.807) is 36.4 Å². The Morgan fingerprint density at radius 3 is 2.43 bits per heavy atom. The van der Waals surface area contributed by atoms with E-state index in [2.05, 4.69) is 5.32 Å². The molecule has 2 aromatic carbocycles. The van der Waals surface area contributed by atoms with E-state index in [4.69, 9.17) is 4.42 Å². The number of nitrogens with zero attached hydrogens (tertiary/aromatic N) is 1. The van der Waals surface area contributed by atoms with Gasteiger partial charge in [-0.05, 0) is 37.5 Å². The zero-order valence-electron chi connectivity index (χ0n) is 16.7. The molecule has 0 radical (unpaired) electrons. The molecule has 0 bridgehead atoms. The molecule has 0 fully saturated rings. The maximum absolute atomic E-state index is 12.3. The van der Waals surface area contributed by atoms with Crippen molar-refractivity contribution in [1.82, 2.24) is 5.32 Å². The number of aryl methyl sites for hydroxylation is 1. The number of Topliss-reactive ketones (excluding diaryl/α,β-unsaturated/α-hetero) is 1. The second-order valence-electron chi connectivity index (χ2n) is 6.85. The van der Waals surface area contributed by atoms with E-state index in [1.165, 1.54) is 18.6 Å². The van der Waals surface area contributed by atoms with Gasteiger partial charge in [0.1, 0.15) is 23.2 Å². The average molecular weight is 398 g/mol. The summed E-state index contributed by atoms with van der Waals surface area (Å²) in [6, 6.07) is 22.5. The maximum Gasteiger partial charge on any atom is 0.262 e. The summed E-state index contributed by atoms with van der Waals surface area (Å²) in [7, 11) is 0. The van der Waals surface area contributed by atoms with Crippen LogP contribution >= 0.6 is 0 Å². The van der Waals surface area contributed by atoms with Crippen LogP contribution in [0.2, 0.25) is 0 Å². The van der Waals surface area contributed by atoms with Crippen molar-refractivity contribution in [3.05, 3.63) is 89.2 Å². The van der Waals surface area contributed by atoms with Crippen molar-refractivity contribution >= 4 is 17.8 Å². The van der Waals surface area contributed by atoms with Crippen molar-refractivity contribution in [3.63, 3.8) is 0 Å². The lowest BCUT2D eigenvalue weighted by atomic mass is 10.1. The van der Waals surface area contributed by atoms with Crippen LogP contribution < -0.4 is 5.32 Å². The van der Waals surface area contributed by atoms with E-state index in [1.807, 2.05) is 36.4 Å². The van der Waals surface area contributed by atoms with E-state index in [0.29, 0.717) is 23.6 Å². The van der Waals surface area contributed by atoms with E-state index in [9.17, 15) is 14.9 Å². The lowest BCUT2D eigenvalue weighted by Crippen LogP contribution is -2.25. The topological polar surface area (TPSA) is 83.1 Å². The fourth-order valence-electron chi connectivity index (χ4n) is 2.98. The molecule has 0 aliphatic heterocycles. The third-order valence-corrected chi connectivity index (χ3v) is 4.63. The minimum atomic E-state index is -0.422. The summed E-state index contributed by atoms with van der Waals surface area (Å²) >= 11 is 0. The van der Waals surface area contributed by atoms with Gasteiger partial charge in [-0.25, -0.2) is 0 Å². The SMILES string of the molecule is CC(=O)c1ccc(-c2ccc(/C=C(/C#N)C(=O)NCCCc3ccccc3)o2)cc1. The van der Waals surface area contributed by atoms with Crippen LogP contribution in [0.3, 0.4) is 0 Å². The molecule has 3 aromatic rings. The smallest absolute Gasteiger partial charge is 0.262 e. The predicted octanol–water partition coefficient (Wildman–Crippen LogP) is 4.81. The highest BCUT2D eigenvalue weighted by Crippen LogP contribution is 2.24. The number of furan rings is 1. The number of nitriles is 1. The summed E-state index contributed by atoms with van der Waals surface area (Å²) in [6.45, 7) is 2.00. The van der Waals surface area contributed by atoms with Crippen LogP contribution in [0.15, 0.2) is 76.7 Å². The number of amides is 1. The summed E-state index contributed by atoms with van der Waals surface area (Å²) in [5, 5.41) is 12.1. The van der Waals surface area contributed by atoms with Crippen LogP contribution in [-0.4, -0.2) is 18.2 Å². The fourth-order valence-corrected chi connectivity index (χ4v) is 2.98. The monoisotopic (exact) mass is 398 g/mol. The number of hydrogen-bond donors (Lipinski definition) is 1. The van der Waals surface area contributed by atoms with Gasteiger partial charge in [-0.15, -0.1) is 0 Å². The lowest BCUT2D eigenvalue weighted by Gasteiger charge is -2.04. The van der Waals surface area contributed by atoms with Crippen molar-refractivity contribution < 1.29 is 14.0 Å². The third kappa shape index (κ3) is 5.55. The van der Waals surface area contributed by atoms with Gasteiger partial charge >= 0.3 is 0 Å². The van der Waals surface area contributed by atoms with Gasteiger partial charge in [-0.3, -0.25) is 9.59 Å². The third-order valence-electron chi connectivity index (χ3n) is 4.63. The van der Waals surface area contributed by atoms with Crippen LogP contribution in [0.5, 0.6) is 0 Å². The quantitative estimate of drug-likeness (QED) is 0.256. The number of nitrogens with one attached hydrogen (secondary N) is 1. The van der Waals surface area contributed by atoms with Gasteiger partial charge in [-0.1, -0.05) is 54.6 Å². The first-order valence-corrected chi connectivity index (χ1v) is 9.72. The van der Waals surface area contributed by atoms with Gasteiger partial charge in [0.25, 0.3) is 5.91 Å². The molecule has 0 aliphatic rings. The Labute approximate surface area is 175 Å². The molecule has 1 heterocycles. The minimum absolute atomic E-state index is 0.00180. The van der Waals surface area contributed by atoms with E-state index >= 15 is 0 Å². The van der Waals surface area contributed by atoms with Gasteiger partial charge in [0.05, 0.1) is 0 Å². The Morgan fingerprint density at radius 2 is 1.77 bits per heavy atom. The summed E-state index contributed by atoms with van der Waals surface area (Å²) in [5.74, 6) is 0.584. The van der Waals surface area contributed by atoms with Crippen LogP contribution in [-0.2, 0) is 11.2 Å². The first kappa shape index (κ1) is 20.8. The maximum atomic E-state index is 12.3. The second kappa shape index (κ2) is 10.0. The van der Waals surface area contributed by atoms with Crippen molar-refractivity contribution in [2.75, 3.05) is 6.54 Å². The molecule has 0 saturated carbocycles. The average Bonchev–Trinajstić information content (AvgIpc) is 3.24. The molecule has 5 nitrogen and oxygen atoms in total. The number of rotatable bonds is 8. The molecule has 0 spiro atoms. The van der Waals surface area contributed by atoms with Gasteiger partial charge in [-0.2, -0.15) is 5.26 Å². The second-order valence-corrected chi connectivity index (χ2v) is 6.85. The Balaban J connectivity index is 1.59. The molecule has 30 heavy (non-hydrogen) atoms. The predicted molar refractivity (Wildman–Crippen MR) is 116 cm³/mol. The Morgan fingerprint density at radius 1 is 1.03 bits per heavy atom. The molecule has 1 N–H and O–H groups in total. The molecule has 1 amide bonds. The van der Waals surface area contributed by atoms with Crippen LogP contribution in [0.1, 0.15) is 35.0 Å². The van der Waals surface area contributed by atoms with Crippen molar-refractivity contribution in [2.24, 2.45) is 0 Å². The minimum Gasteiger partial charge on any atom is -0.457 e. The molecule has 0 aliphatic carbocycles. The molecule has 0 saturated heterocycles. The van der Waals surface area contributed by atoms with Crippen molar-refractivity contribution in [3.8, 4) is 17.4 Å². The Hall–Kier alpha value is -3.91. The lowest BCUT2D eigenvalue weighted by molar-refractivity contribution is -0.117. The molecule has 150 valence electrons. The number of carbonyl (C=O) groups is 2. The highest BCUT2D eigenvalue weighted by Gasteiger charge is 2.11. The summed E-state index contributed by atoms with van der Waals surface area (Å²) in [6.07, 6.45) is 3.08. The first-order valence-electron chi connectivity index (χ1n) is 9.72. The van der Waals surface area contributed by atoms with Gasteiger partial charge in [0, 0.05) is 23.7 Å². The van der Waals surface area contributed by atoms with E-state index < -0.39 is 5.91 Å². The summed E-state index contributed by atoms with van der Waals surface area (Å²) in [5.41, 5.74) is 2.63. The molecule has 0 unspecified atom stereocenters. The normalized spacial score (nSPS) is 11.0. The molecule has 1 aromatic heterocycles. The van der Waals surface area contributed by atoms with Gasteiger partial charge < -0.3 is 9.73 Å². The summed E-state index contributed by atoms with van der Waals surface area (Å²) < 4.78 is 5.74. The Kier molecular flexibility index (Phi) is 6.96. The van der Waals surface area contributed by atoms with E-state index in [-0.39, 0.29) is 11.4 Å². The van der Waals surface area contributed by atoms with Crippen molar-refractivity contribution in [1.29, 1.82) is 5.26 Å². The van der Waals surface area contributed by atoms with Crippen LogP contribution in [0.4, 0.5) is 0 Å². The number of ketones is 1. The zero-order valence-corrected chi connectivity index (χ0v) is 16.7. The largest absolute Gasteiger partial charge is 0.457 e. The fraction of sp³-hybridized carbons (Fsp3) is 0.160. The molecular weight excluding hydrogens is 376 g/mol. The molecule has 5 heteroatoms. The molecule has 0 atom stereocenters. The van der Waals surface area contributed by atoms with Crippen LogP contribution in [0.25, 0.3) is 17.4 Å². The standard InChI is InChI=1S/C25H22N2O3/c1-18(28)20-9-11-21(12-10-20)24-14-13-23(30-24)16-22(17-26)25(29)27-15-5-8-19-6-3-2-4-7-19/h2-4,6-7,9-14,16H,5,8,15H2,1H3,(H,27,29)/b22-16-. The molecule has 3 rings (SSSR count). The number of benzene rings is 2. The first-order chi connectivity index (χ1) is 14.6. The van der Waals surface area contributed by atoms with Gasteiger partial charge in [0.15, 0.2) is 5.78 Å². The molecular formula is C25H22N2O3. The zero-order chi connectivity index (χ0) is 21.3. The number of hydrogen-bond acceptors (Lipinski definition) is 4. The van der Waals surface area contributed by atoms with Gasteiger partial charge in [0.2, 0.25) is 0 Å². The van der Waals surface area contributed by atoms with Crippen molar-refractivity contribution in [2.45, 2.75) is 19.8 Å². The highest BCUT2D eigenvalue weighted by atomic mass is 16.3. The van der Waals surface area contributed by atoms with E-state index in [0.717, 1.165) is 18.4 Å². The summed E-state index contributed by atoms with van der Waals surface area (Å²) in [4.78, 5) is 23.7.